The average molecular weight is 425 g/mol. The maximum Gasteiger partial charge on any atom is 0.220 e. The number of hydrogen-bond acceptors (Lipinski definition) is 5. The van der Waals surface area contributed by atoms with Crippen LogP contribution in [-0.2, 0) is 9.53 Å². The summed E-state index contributed by atoms with van der Waals surface area (Å²) >= 11 is 0. The van der Waals surface area contributed by atoms with Gasteiger partial charge in [-0.2, -0.15) is 0 Å². The summed E-state index contributed by atoms with van der Waals surface area (Å²) < 4.78 is 11.2. The molecular formula is C25H32N2O4. The number of carbonyl (C=O) groups excluding carboxylic acids is 2. The summed E-state index contributed by atoms with van der Waals surface area (Å²) in [4.78, 5) is 26.1. The van der Waals surface area contributed by atoms with Crippen LogP contribution < -0.4 is 10.1 Å². The summed E-state index contributed by atoms with van der Waals surface area (Å²) in [6, 6.07) is 15.7. The number of ketones is 1. The van der Waals surface area contributed by atoms with E-state index in [0.29, 0.717) is 37.3 Å². The number of amides is 1. The molecule has 1 amide bonds. The van der Waals surface area contributed by atoms with Gasteiger partial charge in [-0.15, -0.1) is 0 Å². The van der Waals surface area contributed by atoms with Gasteiger partial charge in [0.1, 0.15) is 5.75 Å². The molecule has 2 aromatic rings. The molecule has 1 unspecified atom stereocenters. The molecule has 1 aliphatic rings. The van der Waals surface area contributed by atoms with Gasteiger partial charge in [-0.05, 0) is 50.1 Å². The summed E-state index contributed by atoms with van der Waals surface area (Å²) in [7, 11) is 0. The van der Waals surface area contributed by atoms with E-state index in [1.54, 1.807) is 24.3 Å². The topological polar surface area (TPSA) is 67.9 Å². The SMILES string of the molecule is CC(=O)c1ccc(OCCCC(=O)NCC(c2cccc(C)c2)N2CCOCC2)cc1. The smallest absolute Gasteiger partial charge is 0.220 e. The molecule has 0 saturated carbocycles. The van der Waals surface area contributed by atoms with Gasteiger partial charge in [-0.3, -0.25) is 14.5 Å². The number of Topliss-reactive ketones (excluding diaryl/α,β-unsaturated/α-hetero) is 1. The first-order valence-electron chi connectivity index (χ1n) is 10.9. The normalized spacial score (nSPS) is 15.3. The summed E-state index contributed by atoms with van der Waals surface area (Å²) in [6.45, 7) is 7.84. The molecule has 1 N–H and O–H groups in total. The largest absolute Gasteiger partial charge is 0.494 e. The van der Waals surface area contributed by atoms with E-state index in [-0.39, 0.29) is 17.7 Å². The molecule has 0 aliphatic carbocycles. The van der Waals surface area contributed by atoms with Gasteiger partial charge in [0.25, 0.3) is 0 Å². The molecule has 1 atom stereocenters. The Hall–Kier alpha value is -2.70. The van der Waals surface area contributed by atoms with Gasteiger partial charge in [0.15, 0.2) is 5.78 Å². The van der Waals surface area contributed by atoms with Crippen molar-refractivity contribution in [3.63, 3.8) is 0 Å². The number of carbonyl (C=O) groups is 2. The Kier molecular flexibility index (Phi) is 8.62. The molecule has 3 rings (SSSR count). The zero-order valence-corrected chi connectivity index (χ0v) is 18.4. The Balaban J connectivity index is 1.45. The highest BCUT2D eigenvalue weighted by atomic mass is 16.5. The third kappa shape index (κ3) is 7.19. The van der Waals surface area contributed by atoms with Crippen molar-refractivity contribution in [2.45, 2.75) is 32.7 Å². The Morgan fingerprint density at radius 2 is 1.87 bits per heavy atom. The predicted octanol–water partition coefficient (Wildman–Crippen LogP) is 3.55. The van der Waals surface area contributed by atoms with Crippen LogP contribution in [0.5, 0.6) is 5.75 Å². The van der Waals surface area contributed by atoms with Crippen molar-refractivity contribution >= 4 is 11.7 Å². The number of rotatable bonds is 10. The van der Waals surface area contributed by atoms with Crippen LogP contribution in [0.25, 0.3) is 0 Å². The van der Waals surface area contributed by atoms with Crippen molar-refractivity contribution in [1.29, 1.82) is 0 Å². The van der Waals surface area contributed by atoms with Crippen molar-refractivity contribution in [1.82, 2.24) is 10.2 Å². The highest BCUT2D eigenvalue weighted by molar-refractivity contribution is 5.94. The van der Waals surface area contributed by atoms with Crippen molar-refractivity contribution in [3.05, 3.63) is 65.2 Å². The third-order valence-electron chi connectivity index (χ3n) is 5.48. The van der Waals surface area contributed by atoms with E-state index in [1.807, 2.05) is 0 Å². The van der Waals surface area contributed by atoms with Gasteiger partial charge >= 0.3 is 0 Å². The number of ether oxygens (including phenoxy) is 2. The molecule has 1 aliphatic heterocycles. The van der Waals surface area contributed by atoms with Crippen molar-refractivity contribution < 1.29 is 19.1 Å². The lowest BCUT2D eigenvalue weighted by Gasteiger charge is -2.35. The fourth-order valence-corrected chi connectivity index (χ4v) is 3.73. The summed E-state index contributed by atoms with van der Waals surface area (Å²) in [5, 5.41) is 3.10. The highest BCUT2D eigenvalue weighted by Gasteiger charge is 2.23. The molecule has 166 valence electrons. The second-order valence-corrected chi connectivity index (χ2v) is 7.91. The zero-order valence-electron chi connectivity index (χ0n) is 18.4. The Morgan fingerprint density at radius 3 is 2.55 bits per heavy atom. The summed E-state index contributed by atoms with van der Waals surface area (Å²) in [5.74, 6) is 0.767. The zero-order chi connectivity index (χ0) is 22.1. The lowest BCUT2D eigenvalue weighted by molar-refractivity contribution is -0.121. The molecule has 6 heteroatoms. The maximum atomic E-state index is 12.4. The molecule has 6 nitrogen and oxygen atoms in total. The van der Waals surface area contributed by atoms with Gasteiger partial charge in [0.05, 0.1) is 25.9 Å². The first-order chi connectivity index (χ1) is 15.0. The lowest BCUT2D eigenvalue weighted by atomic mass is 10.0. The minimum Gasteiger partial charge on any atom is -0.494 e. The summed E-state index contributed by atoms with van der Waals surface area (Å²) in [5.41, 5.74) is 3.10. The minimum atomic E-state index is 0.0291. The fourth-order valence-electron chi connectivity index (χ4n) is 3.73. The van der Waals surface area contributed by atoms with Crippen molar-refractivity contribution in [3.8, 4) is 5.75 Å². The molecule has 1 heterocycles. The molecule has 2 aromatic carbocycles. The van der Waals surface area contributed by atoms with Gasteiger partial charge in [0.2, 0.25) is 5.91 Å². The number of benzene rings is 2. The third-order valence-corrected chi connectivity index (χ3v) is 5.48. The highest BCUT2D eigenvalue weighted by Crippen LogP contribution is 2.22. The summed E-state index contributed by atoms with van der Waals surface area (Å²) in [6.07, 6.45) is 1.04. The van der Waals surface area contributed by atoms with Crippen LogP contribution in [-0.4, -0.2) is 56.0 Å². The molecule has 0 bridgehead atoms. The number of hydrogen-bond donors (Lipinski definition) is 1. The van der Waals surface area contributed by atoms with E-state index in [0.717, 1.165) is 26.3 Å². The van der Waals surface area contributed by atoms with E-state index >= 15 is 0 Å². The second kappa shape index (κ2) is 11.6. The average Bonchev–Trinajstić information content (AvgIpc) is 2.78. The molecule has 31 heavy (non-hydrogen) atoms. The van der Waals surface area contributed by atoms with Gasteiger partial charge in [-0.25, -0.2) is 0 Å². The lowest BCUT2D eigenvalue weighted by Crippen LogP contribution is -2.43. The van der Waals surface area contributed by atoms with Crippen LogP contribution in [0.4, 0.5) is 0 Å². The Morgan fingerprint density at radius 1 is 1.13 bits per heavy atom. The van der Waals surface area contributed by atoms with E-state index < -0.39 is 0 Å². The monoisotopic (exact) mass is 424 g/mol. The van der Waals surface area contributed by atoms with E-state index in [1.165, 1.54) is 18.1 Å². The van der Waals surface area contributed by atoms with E-state index in [4.69, 9.17) is 9.47 Å². The van der Waals surface area contributed by atoms with Crippen LogP contribution in [0, 0.1) is 6.92 Å². The molecule has 1 saturated heterocycles. The number of nitrogens with zero attached hydrogens (tertiary/aromatic N) is 1. The standard InChI is InChI=1S/C25H32N2O4/c1-19-5-3-6-22(17-19)24(27-12-15-30-16-13-27)18-26-25(29)7-4-14-31-23-10-8-21(9-11-23)20(2)28/h3,5-6,8-11,17,24H,4,7,12-16,18H2,1-2H3,(H,26,29). The number of morpholine rings is 1. The number of aryl methyl sites for hydroxylation is 1. The Bertz CT molecular complexity index is 860. The van der Waals surface area contributed by atoms with Crippen LogP contribution >= 0.6 is 0 Å². The number of nitrogens with one attached hydrogen (secondary N) is 1. The molecule has 0 radical (unpaired) electrons. The first kappa shape index (κ1) is 23.0. The van der Waals surface area contributed by atoms with Crippen LogP contribution in [0.15, 0.2) is 48.5 Å². The fraction of sp³-hybridized carbons (Fsp3) is 0.440. The van der Waals surface area contributed by atoms with E-state index in [9.17, 15) is 9.59 Å². The molecule has 0 aromatic heterocycles. The van der Waals surface area contributed by atoms with Gasteiger partial charge in [0, 0.05) is 31.6 Å². The van der Waals surface area contributed by atoms with Crippen molar-refractivity contribution in [2.75, 3.05) is 39.5 Å². The minimum absolute atomic E-state index is 0.0291. The predicted molar refractivity (Wildman–Crippen MR) is 120 cm³/mol. The van der Waals surface area contributed by atoms with Crippen LogP contribution in [0.3, 0.4) is 0 Å². The van der Waals surface area contributed by atoms with Gasteiger partial charge < -0.3 is 14.8 Å². The molecule has 1 fully saturated rings. The van der Waals surface area contributed by atoms with Crippen LogP contribution in [0.2, 0.25) is 0 Å². The molecular weight excluding hydrogens is 392 g/mol. The van der Waals surface area contributed by atoms with E-state index in [2.05, 4.69) is 41.4 Å². The van der Waals surface area contributed by atoms with Crippen LogP contribution in [0.1, 0.15) is 47.3 Å². The van der Waals surface area contributed by atoms with Gasteiger partial charge in [-0.1, -0.05) is 29.8 Å². The molecule has 0 spiro atoms. The quantitative estimate of drug-likeness (QED) is 0.467. The first-order valence-corrected chi connectivity index (χ1v) is 10.9. The van der Waals surface area contributed by atoms with Crippen molar-refractivity contribution in [2.24, 2.45) is 0 Å². The second-order valence-electron chi connectivity index (χ2n) is 7.91. The maximum absolute atomic E-state index is 12.4. The Labute approximate surface area is 184 Å².